The molecule has 3 nitrogen and oxygen atoms in total. The molecule has 10 heavy (non-hydrogen) atoms. The summed E-state index contributed by atoms with van der Waals surface area (Å²) in [5, 5.41) is 0.533. The Morgan fingerprint density at radius 3 is 2.90 bits per heavy atom. The van der Waals surface area contributed by atoms with Crippen molar-refractivity contribution >= 4 is 12.6 Å². The Morgan fingerprint density at radius 2 is 2.40 bits per heavy atom. The Kier molecular flexibility index (Phi) is 2.01. The van der Waals surface area contributed by atoms with Crippen LogP contribution in [0.2, 0.25) is 0 Å². The summed E-state index contributed by atoms with van der Waals surface area (Å²) >= 11 is 3.93. The van der Waals surface area contributed by atoms with E-state index in [-0.39, 0.29) is 5.43 Å². The van der Waals surface area contributed by atoms with Crippen LogP contribution in [0.5, 0.6) is 5.75 Å². The summed E-state index contributed by atoms with van der Waals surface area (Å²) < 4.78 is 4.72. The molecule has 0 bridgehead atoms. The third-order valence-electron chi connectivity index (χ3n) is 1.08. The highest BCUT2D eigenvalue weighted by atomic mass is 32.1. The average Bonchev–Trinajstić information content (AvgIpc) is 1.88. The summed E-state index contributed by atoms with van der Waals surface area (Å²) in [5.74, 6) is 0.304. The molecule has 0 atom stereocenters. The van der Waals surface area contributed by atoms with E-state index in [9.17, 15) is 4.79 Å². The van der Waals surface area contributed by atoms with Crippen LogP contribution in [0.4, 0.5) is 0 Å². The molecule has 0 unspecified atom stereocenters. The number of aromatic amines is 1. The number of nitrogens with one attached hydrogen (secondary N) is 1. The van der Waals surface area contributed by atoms with Gasteiger partial charge >= 0.3 is 0 Å². The SMILES string of the molecule is COc1c[nH]c(S)cc1=O. The minimum Gasteiger partial charge on any atom is -0.491 e. The number of aromatic nitrogens is 1. The van der Waals surface area contributed by atoms with E-state index >= 15 is 0 Å². The van der Waals surface area contributed by atoms with Gasteiger partial charge in [0.1, 0.15) is 0 Å². The zero-order chi connectivity index (χ0) is 7.56. The van der Waals surface area contributed by atoms with E-state index in [1.54, 1.807) is 0 Å². The van der Waals surface area contributed by atoms with Crippen LogP contribution in [0.3, 0.4) is 0 Å². The van der Waals surface area contributed by atoms with Gasteiger partial charge in [-0.25, -0.2) is 0 Å². The molecule has 0 aliphatic carbocycles. The standard InChI is InChI=1S/C6H7NO2S/c1-9-5-3-7-6(10)2-4(5)8/h2-3H,1H3,(H2,7,8,10). The molecule has 0 spiro atoms. The fraction of sp³-hybridized carbons (Fsp3) is 0.167. The molecule has 1 aromatic heterocycles. The van der Waals surface area contributed by atoms with Gasteiger partial charge < -0.3 is 9.72 Å². The molecule has 54 valence electrons. The molecule has 0 fully saturated rings. The largest absolute Gasteiger partial charge is 0.491 e. The van der Waals surface area contributed by atoms with Crippen LogP contribution < -0.4 is 10.2 Å². The molecule has 0 aliphatic rings. The molecule has 0 saturated carbocycles. The van der Waals surface area contributed by atoms with Gasteiger partial charge in [0.2, 0.25) is 5.43 Å². The first kappa shape index (κ1) is 7.21. The second-order valence-corrected chi connectivity index (χ2v) is 2.23. The van der Waals surface area contributed by atoms with Gasteiger partial charge in [-0.15, -0.1) is 12.6 Å². The second kappa shape index (κ2) is 2.79. The molecule has 1 aromatic rings. The monoisotopic (exact) mass is 157 g/mol. The quantitative estimate of drug-likeness (QED) is 0.588. The zero-order valence-electron chi connectivity index (χ0n) is 5.42. The van der Waals surface area contributed by atoms with Gasteiger partial charge in [0.05, 0.1) is 12.1 Å². The van der Waals surface area contributed by atoms with E-state index in [2.05, 4.69) is 17.6 Å². The first-order chi connectivity index (χ1) is 4.74. The number of pyridine rings is 1. The lowest BCUT2D eigenvalue weighted by Gasteiger charge is -1.96. The van der Waals surface area contributed by atoms with E-state index in [0.717, 1.165) is 0 Å². The molecule has 0 radical (unpaired) electrons. The van der Waals surface area contributed by atoms with E-state index in [0.29, 0.717) is 10.8 Å². The van der Waals surface area contributed by atoms with E-state index in [4.69, 9.17) is 4.74 Å². The molecular formula is C6H7NO2S. The molecule has 1 N–H and O–H groups in total. The summed E-state index contributed by atoms with van der Waals surface area (Å²) in [6.07, 6.45) is 1.48. The first-order valence-corrected chi connectivity index (χ1v) is 3.14. The van der Waals surface area contributed by atoms with Crippen LogP contribution in [0, 0.1) is 0 Å². The van der Waals surface area contributed by atoms with Crippen molar-refractivity contribution in [1.82, 2.24) is 4.98 Å². The van der Waals surface area contributed by atoms with E-state index in [1.807, 2.05) is 0 Å². The number of hydrogen-bond donors (Lipinski definition) is 2. The van der Waals surface area contributed by atoms with Crippen molar-refractivity contribution in [2.45, 2.75) is 5.03 Å². The number of ether oxygens (including phenoxy) is 1. The third kappa shape index (κ3) is 1.33. The van der Waals surface area contributed by atoms with Crippen molar-refractivity contribution in [2.24, 2.45) is 0 Å². The molecule has 1 heterocycles. The lowest BCUT2D eigenvalue weighted by atomic mass is 10.4. The van der Waals surface area contributed by atoms with Crippen molar-refractivity contribution in [3.8, 4) is 5.75 Å². The van der Waals surface area contributed by atoms with Gasteiger partial charge in [0.15, 0.2) is 5.75 Å². The van der Waals surface area contributed by atoms with Crippen molar-refractivity contribution in [2.75, 3.05) is 7.11 Å². The predicted molar refractivity (Wildman–Crippen MR) is 40.9 cm³/mol. The Balaban J connectivity index is 3.20. The Morgan fingerprint density at radius 1 is 1.70 bits per heavy atom. The molecule has 4 heteroatoms. The predicted octanol–water partition coefficient (Wildman–Crippen LogP) is 0.672. The summed E-state index contributed by atoms with van der Waals surface area (Å²) in [6, 6.07) is 1.36. The lowest BCUT2D eigenvalue weighted by Crippen LogP contribution is -2.03. The Labute approximate surface area is 63.4 Å². The molecule has 0 amide bonds. The maximum Gasteiger partial charge on any atom is 0.224 e. The second-order valence-electron chi connectivity index (χ2n) is 1.75. The van der Waals surface area contributed by atoms with Crippen molar-refractivity contribution < 1.29 is 4.74 Å². The van der Waals surface area contributed by atoms with Crippen LogP contribution in [0.1, 0.15) is 0 Å². The topological polar surface area (TPSA) is 42.1 Å². The summed E-state index contributed by atoms with van der Waals surface area (Å²) in [6.45, 7) is 0. The van der Waals surface area contributed by atoms with Gasteiger partial charge in [-0.1, -0.05) is 0 Å². The van der Waals surface area contributed by atoms with Crippen LogP contribution in [-0.2, 0) is 0 Å². The summed E-state index contributed by atoms with van der Waals surface area (Å²) in [5.41, 5.74) is -0.161. The number of thiol groups is 1. The smallest absolute Gasteiger partial charge is 0.224 e. The third-order valence-corrected chi connectivity index (χ3v) is 1.34. The van der Waals surface area contributed by atoms with Crippen molar-refractivity contribution in [3.05, 3.63) is 22.5 Å². The van der Waals surface area contributed by atoms with Gasteiger partial charge in [-0.3, -0.25) is 4.79 Å². The molecule has 0 saturated heterocycles. The van der Waals surface area contributed by atoms with Gasteiger partial charge in [0, 0.05) is 12.3 Å². The maximum atomic E-state index is 10.9. The number of H-pyrrole nitrogens is 1. The number of hydrogen-bond acceptors (Lipinski definition) is 3. The summed E-state index contributed by atoms with van der Waals surface area (Å²) in [4.78, 5) is 13.6. The number of rotatable bonds is 1. The molecule has 1 rings (SSSR count). The highest BCUT2D eigenvalue weighted by Crippen LogP contribution is 2.02. The number of methoxy groups -OCH3 is 1. The van der Waals surface area contributed by atoms with Crippen LogP contribution in [0.15, 0.2) is 22.1 Å². The summed E-state index contributed by atoms with van der Waals surface area (Å²) in [7, 11) is 1.45. The van der Waals surface area contributed by atoms with Crippen molar-refractivity contribution in [1.29, 1.82) is 0 Å². The lowest BCUT2D eigenvalue weighted by molar-refractivity contribution is 0.408. The zero-order valence-corrected chi connectivity index (χ0v) is 6.31. The van der Waals surface area contributed by atoms with Gasteiger partial charge in [-0.05, 0) is 0 Å². The Bertz CT molecular complexity index is 281. The average molecular weight is 157 g/mol. The minimum atomic E-state index is -0.161. The molecular weight excluding hydrogens is 150 g/mol. The highest BCUT2D eigenvalue weighted by molar-refractivity contribution is 7.80. The van der Waals surface area contributed by atoms with Crippen LogP contribution in [0.25, 0.3) is 0 Å². The fourth-order valence-electron chi connectivity index (χ4n) is 0.607. The maximum absolute atomic E-state index is 10.9. The highest BCUT2D eigenvalue weighted by Gasteiger charge is 1.95. The van der Waals surface area contributed by atoms with Gasteiger partial charge in [0.25, 0.3) is 0 Å². The van der Waals surface area contributed by atoms with Crippen LogP contribution >= 0.6 is 12.6 Å². The van der Waals surface area contributed by atoms with E-state index in [1.165, 1.54) is 19.4 Å². The van der Waals surface area contributed by atoms with Crippen LogP contribution in [-0.4, -0.2) is 12.1 Å². The minimum absolute atomic E-state index is 0.161. The molecule has 0 aliphatic heterocycles. The fourth-order valence-corrected chi connectivity index (χ4v) is 0.789. The van der Waals surface area contributed by atoms with E-state index < -0.39 is 0 Å². The molecule has 0 aromatic carbocycles. The first-order valence-electron chi connectivity index (χ1n) is 2.69. The van der Waals surface area contributed by atoms with Gasteiger partial charge in [-0.2, -0.15) is 0 Å². The Hall–Kier alpha value is -0.900. The normalized spacial score (nSPS) is 9.40. The van der Waals surface area contributed by atoms with Crippen molar-refractivity contribution in [3.63, 3.8) is 0 Å².